The van der Waals surface area contributed by atoms with Gasteiger partial charge in [-0.25, -0.2) is 0 Å². The van der Waals surface area contributed by atoms with Crippen LogP contribution in [0, 0.1) is 13.8 Å². The van der Waals surface area contributed by atoms with Crippen molar-refractivity contribution in [3.8, 4) is 0 Å². The number of carbonyl (C=O) groups is 2. The molecule has 8 heteroatoms. The molecule has 0 atom stereocenters. The minimum absolute atomic E-state index is 0.143. The van der Waals surface area contributed by atoms with Crippen LogP contribution in [0.3, 0.4) is 0 Å². The molecule has 2 amide bonds. The normalized spacial score (nSPS) is 10.4. The fraction of sp³-hybridized carbons (Fsp3) is 0.353. The van der Waals surface area contributed by atoms with Gasteiger partial charge in [-0.3, -0.25) is 9.59 Å². The zero-order valence-electron chi connectivity index (χ0n) is 14.8. The molecule has 2 rings (SSSR count). The Morgan fingerprint density at radius 2 is 1.80 bits per heavy atom. The van der Waals surface area contributed by atoms with Crippen molar-refractivity contribution in [2.75, 3.05) is 41.1 Å². The van der Waals surface area contributed by atoms with Gasteiger partial charge in [0.25, 0.3) is 0 Å². The van der Waals surface area contributed by atoms with E-state index in [1.165, 1.54) is 11.8 Å². The van der Waals surface area contributed by atoms with Gasteiger partial charge in [0.05, 0.1) is 11.5 Å². The number of nitrogens with zero attached hydrogens (tertiary/aromatic N) is 2. The van der Waals surface area contributed by atoms with Crippen LogP contribution < -0.4 is 15.5 Å². The summed E-state index contributed by atoms with van der Waals surface area (Å²) in [6.07, 6.45) is 0. The Balaban J connectivity index is 1.76. The molecule has 0 saturated carbocycles. The summed E-state index contributed by atoms with van der Waals surface area (Å²) in [6.45, 7) is 3.69. The Morgan fingerprint density at radius 1 is 1.12 bits per heavy atom. The zero-order valence-corrected chi connectivity index (χ0v) is 15.6. The van der Waals surface area contributed by atoms with Crippen molar-refractivity contribution in [1.29, 1.82) is 0 Å². The van der Waals surface area contributed by atoms with E-state index in [-0.39, 0.29) is 23.3 Å². The van der Waals surface area contributed by atoms with Gasteiger partial charge >= 0.3 is 0 Å². The average molecular weight is 362 g/mol. The molecule has 1 aromatic heterocycles. The van der Waals surface area contributed by atoms with Crippen LogP contribution in [-0.2, 0) is 9.59 Å². The van der Waals surface area contributed by atoms with E-state index in [2.05, 4.69) is 15.8 Å². The molecule has 0 radical (unpaired) electrons. The van der Waals surface area contributed by atoms with Crippen molar-refractivity contribution in [2.45, 2.75) is 13.8 Å². The van der Waals surface area contributed by atoms with Crippen LogP contribution in [-0.4, -0.2) is 42.6 Å². The molecule has 0 bridgehead atoms. The van der Waals surface area contributed by atoms with E-state index < -0.39 is 0 Å². The highest BCUT2D eigenvalue weighted by Gasteiger charge is 2.10. The molecule has 1 heterocycles. The number of thioether (sulfide) groups is 1. The van der Waals surface area contributed by atoms with Gasteiger partial charge in [-0.2, -0.15) is 0 Å². The number of aromatic nitrogens is 1. The minimum atomic E-state index is -0.224. The van der Waals surface area contributed by atoms with Crippen molar-refractivity contribution in [1.82, 2.24) is 5.16 Å². The van der Waals surface area contributed by atoms with Gasteiger partial charge in [-0.15, -0.1) is 11.8 Å². The van der Waals surface area contributed by atoms with Crippen LogP contribution in [0.15, 0.2) is 28.8 Å². The molecule has 0 saturated heterocycles. The number of hydrogen-bond acceptors (Lipinski definition) is 6. The van der Waals surface area contributed by atoms with E-state index in [9.17, 15) is 9.59 Å². The molecule has 1 aromatic carbocycles. The van der Waals surface area contributed by atoms with E-state index in [0.717, 1.165) is 16.9 Å². The summed E-state index contributed by atoms with van der Waals surface area (Å²) in [5.74, 6) is 0.994. The molecule has 0 aliphatic carbocycles. The number of anilines is 3. The van der Waals surface area contributed by atoms with Crippen LogP contribution >= 0.6 is 11.8 Å². The summed E-state index contributed by atoms with van der Waals surface area (Å²) in [5.41, 5.74) is 2.84. The highest BCUT2D eigenvalue weighted by molar-refractivity contribution is 8.00. The molecule has 134 valence electrons. The molecule has 0 fully saturated rings. The van der Waals surface area contributed by atoms with E-state index in [1.807, 2.05) is 44.1 Å². The maximum atomic E-state index is 12.0. The van der Waals surface area contributed by atoms with Crippen LogP contribution in [0.1, 0.15) is 11.3 Å². The summed E-state index contributed by atoms with van der Waals surface area (Å²) in [4.78, 5) is 25.8. The molecule has 2 N–H and O–H groups in total. The lowest BCUT2D eigenvalue weighted by atomic mass is 10.1. The second kappa shape index (κ2) is 8.57. The number of carbonyl (C=O) groups excluding carboxylic acids is 2. The molecule has 0 aliphatic rings. The standard InChI is InChI=1S/C17H22N4O3S/c1-11-7-13(21(3)4)5-6-14(11)18-16(22)9-25-10-17(23)19-15-8-12(2)24-20-15/h5-8H,9-10H2,1-4H3,(H,18,22)(H,19,20,23). The van der Waals surface area contributed by atoms with Gasteiger partial charge in [0.1, 0.15) is 5.76 Å². The van der Waals surface area contributed by atoms with E-state index >= 15 is 0 Å². The first kappa shape index (κ1) is 18.9. The Morgan fingerprint density at radius 3 is 2.36 bits per heavy atom. The predicted octanol–water partition coefficient (Wildman–Crippen LogP) is 2.67. The second-order valence-corrected chi connectivity index (χ2v) is 6.79. The third-order valence-corrected chi connectivity index (χ3v) is 4.29. The van der Waals surface area contributed by atoms with Gasteiger partial charge < -0.3 is 20.1 Å². The Hall–Kier alpha value is -2.48. The summed E-state index contributed by atoms with van der Waals surface area (Å²) < 4.78 is 4.87. The molecule has 7 nitrogen and oxygen atoms in total. The molecule has 0 spiro atoms. The van der Waals surface area contributed by atoms with Crippen LogP contribution in [0.5, 0.6) is 0 Å². The van der Waals surface area contributed by atoms with Crippen LogP contribution in [0.4, 0.5) is 17.2 Å². The van der Waals surface area contributed by atoms with Gasteiger partial charge in [0.2, 0.25) is 11.8 Å². The quantitative estimate of drug-likeness (QED) is 0.787. The van der Waals surface area contributed by atoms with E-state index in [4.69, 9.17) is 4.52 Å². The number of hydrogen-bond donors (Lipinski definition) is 2. The topological polar surface area (TPSA) is 87.5 Å². The first-order valence-electron chi connectivity index (χ1n) is 7.74. The monoisotopic (exact) mass is 362 g/mol. The molecule has 25 heavy (non-hydrogen) atoms. The van der Waals surface area contributed by atoms with Crippen LogP contribution in [0.25, 0.3) is 0 Å². The van der Waals surface area contributed by atoms with Gasteiger partial charge in [0, 0.05) is 31.5 Å². The molecule has 2 aromatic rings. The first-order chi connectivity index (χ1) is 11.8. The lowest BCUT2D eigenvalue weighted by Crippen LogP contribution is -2.19. The largest absolute Gasteiger partial charge is 0.378 e. The Kier molecular flexibility index (Phi) is 6.46. The third-order valence-electron chi connectivity index (χ3n) is 3.36. The zero-order chi connectivity index (χ0) is 18.4. The lowest BCUT2D eigenvalue weighted by Gasteiger charge is -2.15. The summed E-state index contributed by atoms with van der Waals surface area (Å²) >= 11 is 1.24. The lowest BCUT2D eigenvalue weighted by molar-refractivity contribution is -0.114. The number of amides is 2. The van der Waals surface area contributed by atoms with Crippen molar-refractivity contribution in [3.05, 3.63) is 35.6 Å². The highest BCUT2D eigenvalue weighted by atomic mass is 32.2. The first-order valence-corrected chi connectivity index (χ1v) is 8.89. The minimum Gasteiger partial charge on any atom is -0.378 e. The maximum absolute atomic E-state index is 12.0. The van der Waals surface area contributed by atoms with Gasteiger partial charge in [-0.1, -0.05) is 5.16 Å². The van der Waals surface area contributed by atoms with Crippen molar-refractivity contribution in [3.63, 3.8) is 0 Å². The summed E-state index contributed by atoms with van der Waals surface area (Å²) in [5, 5.41) is 9.16. The van der Waals surface area contributed by atoms with Crippen molar-refractivity contribution < 1.29 is 14.1 Å². The van der Waals surface area contributed by atoms with Crippen LogP contribution in [0.2, 0.25) is 0 Å². The molecule has 0 unspecified atom stereocenters. The summed E-state index contributed by atoms with van der Waals surface area (Å²) in [7, 11) is 3.93. The number of benzene rings is 1. The van der Waals surface area contributed by atoms with E-state index in [1.54, 1.807) is 13.0 Å². The Labute approximate surface area is 151 Å². The van der Waals surface area contributed by atoms with Gasteiger partial charge in [0.15, 0.2) is 5.82 Å². The van der Waals surface area contributed by atoms with E-state index in [0.29, 0.717) is 11.6 Å². The molecular weight excluding hydrogens is 340 g/mol. The fourth-order valence-electron chi connectivity index (χ4n) is 2.09. The number of rotatable bonds is 7. The molecule has 0 aliphatic heterocycles. The van der Waals surface area contributed by atoms with Crippen molar-refractivity contribution in [2.24, 2.45) is 0 Å². The number of aryl methyl sites for hydroxylation is 2. The maximum Gasteiger partial charge on any atom is 0.235 e. The fourth-order valence-corrected chi connectivity index (χ4v) is 2.71. The Bertz CT molecular complexity index is 758. The SMILES string of the molecule is Cc1cc(NC(=O)CSCC(=O)Nc2ccc(N(C)C)cc2C)no1. The average Bonchev–Trinajstić information content (AvgIpc) is 2.94. The smallest absolute Gasteiger partial charge is 0.235 e. The third kappa shape index (κ3) is 5.82. The predicted molar refractivity (Wildman–Crippen MR) is 101 cm³/mol. The number of nitrogens with one attached hydrogen (secondary N) is 2. The molecular formula is C17H22N4O3S. The van der Waals surface area contributed by atoms with Gasteiger partial charge in [-0.05, 0) is 37.6 Å². The highest BCUT2D eigenvalue weighted by Crippen LogP contribution is 2.21. The van der Waals surface area contributed by atoms with Crippen molar-refractivity contribution >= 4 is 40.8 Å². The summed E-state index contributed by atoms with van der Waals surface area (Å²) in [6, 6.07) is 7.47. The second-order valence-electron chi connectivity index (χ2n) is 5.81.